The van der Waals surface area contributed by atoms with E-state index >= 15 is 0 Å². The van der Waals surface area contributed by atoms with E-state index in [2.05, 4.69) is 0 Å². The second-order valence-electron chi connectivity index (χ2n) is 7.88. The van der Waals surface area contributed by atoms with Crippen molar-refractivity contribution in [2.24, 2.45) is 0 Å². The van der Waals surface area contributed by atoms with E-state index in [1.807, 2.05) is 0 Å². The topological polar surface area (TPSA) is 18.5 Å². The fourth-order valence-corrected chi connectivity index (χ4v) is 3.02. The second-order valence-corrected chi connectivity index (χ2v) is 7.88. The number of rotatable bonds is 2. The Bertz CT molecular complexity index is 703. The van der Waals surface area contributed by atoms with Crippen molar-refractivity contribution in [3.8, 4) is 0 Å². The van der Waals surface area contributed by atoms with Crippen molar-refractivity contribution in [2.75, 3.05) is 0 Å². The molecule has 2 nitrogen and oxygen atoms in total. The van der Waals surface area contributed by atoms with E-state index in [0.29, 0.717) is 12.8 Å². The monoisotopic (exact) mass is 380 g/mol. The van der Waals surface area contributed by atoms with E-state index in [1.165, 1.54) is 0 Å². The number of hydrogen-bond acceptors (Lipinski definition) is 2. The molecule has 9 heteroatoms. The molecule has 26 heavy (non-hydrogen) atoms. The molecule has 1 aromatic carbocycles. The van der Waals surface area contributed by atoms with Gasteiger partial charge in [-0.25, -0.2) is 0 Å². The predicted octanol–water partition coefficient (Wildman–Crippen LogP) is 4.90. The summed E-state index contributed by atoms with van der Waals surface area (Å²) < 4.78 is 91.9. The lowest BCUT2D eigenvalue weighted by molar-refractivity contribution is -0.143. The van der Waals surface area contributed by atoms with Gasteiger partial charge in [0, 0.05) is 0 Å². The summed E-state index contributed by atoms with van der Waals surface area (Å²) in [6.45, 7) is 6.69. The predicted molar refractivity (Wildman–Crippen MR) is 84.1 cm³/mol. The van der Waals surface area contributed by atoms with Gasteiger partial charge in [-0.15, -0.1) is 0 Å². The summed E-state index contributed by atoms with van der Waals surface area (Å²) in [6.07, 6.45) is -8.76. The Balaban J connectivity index is 2.17. The number of alkyl halides is 6. The van der Waals surface area contributed by atoms with Crippen molar-refractivity contribution in [3.05, 3.63) is 28.8 Å². The largest absolute Gasteiger partial charge is 0.495 e. The Kier molecular flexibility index (Phi) is 4.24. The standard InChI is InChI=1S/C17H19BF6O2/c1-14(2)15(3,4)26-18(25-14)13-7-10(9-5-6-9)11(16(19,20)21)8-12(13)17(22,23)24/h7-9H,5-6H2,1-4H3. The van der Waals surface area contributed by atoms with E-state index < -0.39 is 47.3 Å². The van der Waals surface area contributed by atoms with Crippen LogP contribution in [0.1, 0.15) is 63.1 Å². The van der Waals surface area contributed by atoms with Gasteiger partial charge in [-0.05, 0) is 63.5 Å². The Labute approximate surface area is 148 Å². The van der Waals surface area contributed by atoms with Gasteiger partial charge < -0.3 is 9.31 Å². The lowest BCUT2D eigenvalue weighted by Gasteiger charge is -2.32. The van der Waals surface area contributed by atoms with Gasteiger partial charge in [0.15, 0.2) is 0 Å². The van der Waals surface area contributed by atoms with Crippen LogP contribution in [0.5, 0.6) is 0 Å². The molecule has 1 saturated carbocycles. The SMILES string of the molecule is CC1(C)OB(c2cc(C3CC3)c(C(F)(F)F)cc2C(F)(F)F)OC1(C)C. The first-order valence-electron chi connectivity index (χ1n) is 8.31. The highest BCUT2D eigenvalue weighted by Gasteiger charge is 2.54. The second kappa shape index (κ2) is 5.64. The first-order chi connectivity index (χ1) is 11.6. The molecule has 144 valence electrons. The molecule has 0 amide bonds. The average molecular weight is 380 g/mol. The smallest absolute Gasteiger partial charge is 0.399 e. The fraction of sp³-hybridized carbons (Fsp3) is 0.647. The van der Waals surface area contributed by atoms with Crippen LogP contribution in [0, 0.1) is 0 Å². The average Bonchev–Trinajstić information content (AvgIpc) is 3.23. The summed E-state index contributed by atoms with van der Waals surface area (Å²) in [7, 11) is -1.38. The molecule has 0 bridgehead atoms. The van der Waals surface area contributed by atoms with Gasteiger partial charge in [0.05, 0.1) is 22.3 Å². The minimum atomic E-state index is -4.96. The molecule has 1 aliphatic carbocycles. The molecule has 0 unspecified atom stereocenters. The molecule has 0 aromatic heterocycles. The molecule has 2 aliphatic rings. The summed E-state index contributed by atoms with van der Waals surface area (Å²) in [5.41, 5.74) is -4.91. The van der Waals surface area contributed by atoms with Crippen molar-refractivity contribution >= 4 is 12.6 Å². The number of halogens is 6. The van der Waals surface area contributed by atoms with Gasteiger partial charge in [-0.1, -0.05) is 6.07 Å². The van der Waals surface area contributed by atoms with Crippen LogP contribution < -0.4 is 5.46 Å². The lowest BCUT2D eigenvalue weighted by Crippen LogP contribution is -2.41. The Hall–Kier alpha value is -1.22. The first-order valence-corrected chi connectivity index (χ1v) is 8.31. The molecule has 0 spiro atoms. The third kappa shape index (κ3) is 3.35. The zero-order valence-electron chi connectivity index (χ0n) is 14.8. The highest BCUT2D eigenvalue weighted by atomic mass is 19.4. The van der Waals surface area contributed by atoms with Crippen LogP contribution in [0.2, 0.25) is 0 Å². The van der Waals surface area contributed by atoms with Crippen LogP contribution in [0.15, 0.2) is 12.1 Å². The van der Waals surface area contributed by atoms with Crippen molar-refractivity contribution in [1.29, 1.82) is 0 Å². The van der Waals surface area contributed by atoms with E-state index in [1.54, 1.807) is 27.7 Å². The van der Waals surface area contributed by atoms with Crippen molar-refractivity contribution in [3.63, 3.8) is 0 Å². The Morgan fingerprint density at radius 1 is 0.846 bits per heavy atom. The minimum Gasteiger partial charge on any atom is -0.399 e. The maximum atomic E-state index is 13.5. The molecular formula is C17H19BF6O2. The summed E-state index contributed by atoms with van der Waals surface area (Å²) in [5, 5.41) is 0. The molecule has 1 aromatic rings. The van der Waals surface area contributed by atoms with Crippen molar-refractivity contribution in [1.82, 2.24) is 0 Å². The molecule has 0 radical (unpaired) electrons. The number of benzene rings is 1. The van der Waals surface area contributed by atoms with E-state index in [0.717, 1.165) is 6.07 Å². The van der Waals surface area contributed by atoms with Gasteiger partial charge in [0.1, 0.15) is 0 Å². The van der Waals surface area contributed by atoms with Gasteiger partial charge in [-0.3, -0.25) is 0 Å². The highest BCUT2D eigenvalue weighted by molar-refractivity contribution is 6.62. The molecular weight excluding hydrogens is 361 g/mol. The van der Waals surface area contributed by atoms with E-state index in [-0.39, 0.29) is 17.5 Å². The molecule has 3 rings (SSSR count). The molecule has 0 N–H and O–H groups in total. The quantitative estimate of drug-likeness (QED) is 0.537. The summed E-state index contributed by atoms with van der Waals surface area (Å²) in [5.74, 6) is -0.380. The van der Waals surface area contributed by atoms with Crippen molar-refractivity contribution < 1.29 is 35.7 Å². The highest BCUT2D eigenvalue weighted by Crippen LogP contribution is 2.47. The summed E-state index contributed by atoms with van der Waals surface area (Å²) in [6, 6.07) is 1.18. The zero-order chi connectivity index (χ0) is 19.7. The van der Waals surface area contributed by atoms with E-state index in [9.17, 15) is 26.3 Å². The molecule has 1 aliphatic heterocycles. The van der Waals surface area contributed by atoms with Gasteiger partial charge in [-0.2, -0.15) is 26.3 Å². The molecule has 1 saturated heterocycles. The summed E-state index contributed by atoms with van der Waals surface area (Å²) >= 11 is 0. The molecule has 1 heterocycles. The van der Waals surface area contributed by atoms with Crippen LogP contribution in [0.4, 0.5) is 26.3 Å². The fourth-order valence-electron chi connectivity index (χ4n) is 3.02. The first kappa shape index (κ1) is 19.5. The summed E-state index contributed by atoms with van der Waals surface area (Å²) in [4.78, 5) is 0. The van der Waals surface area contributed by atoms with Gasteiger partial charge in [0.2, 0.25) is 0 Å². The van der Waals surface area contributed by atoms with Crippen LogP contribution in [-0.4, -0.2) is 18.3 Å². The van der Waals surface area contributed by atoms with Crippen LogP contribution in [-0.2, 0) is 21.7 Å². The van der Waals surface area contributed by atoms with Crippen molar-refractivity contribution in [2.45, 2.75) is 70.0 Å². The zero-order valence-corrected chi connectivity index (χ0v) is 14.8. The van der Waals surface area contributed by atoms with Crippen LogP contribution in [0.3, 0.4) is 0 Å². The van der Waals surface area contributed by atoms with Gasteiger partial charge in [0.25, 0.3) is 0 Å². The minimum absolute atomic E-state index is 0.116. The molecule has 2 fully saturated rings. The maximum absolute atomic E-state index is 13.5. The lowest BCUT2D eigenvalue weighted by atomic mass is 9.73. The Morgan fingerprint density at radius 2 is 1.31 bits per heavy atom. The number of hydrogen-bond donors (Lipinski definition) is 0. The van der Waals surface area contributed by atoms with Crippen LogP contribution >= 0.6 is 0 Å². The third-order valence-electron chi connectivity index (χ3n) is 5.36. The van der Waals surface area contributed by atoms with Gasteiger partial charge >= 0.3 is 19.5 Å². The third-order valence-corrected chi connectivity index (χ3v) is 5.36. The van der Waals surface area contributed by atoms with E-state index in [4.69, 9.17) is 9.31 Å². The molecule has 0 atom stereocenters. The van der Waals surface area contributed by atoms with Crippen LogP contribution in [0.25, 0.3) is 0 Å². The maximum Gasteiger partial charge on any atom is 0.495 e. The Morgan fingerprint density at radius 3 is 1.69 bits per heavy atom. The normalized spacial score (nSPS) is 22.8.